The summed E-state index contributed by atoms with van der Waals surface area (Å²) >= 11 is 0. The summed E-state index contributed by atoms with van der Waals surface area (Å²) in [4.78, 5) is 11.9. The van der Waals surface area contributed by atoms with E-state index in [0.29, 0.717) is 12.6 Å². The van der Waals surface area contributed by atoms with E-state index in [-0.39, 0.29) is 11.9 Å². The van der Waals surface area contributed by atoms with E-state index in [4.69, 9.17) is 4.74 Å². The SMILES string of the molecule is CCCCOCCNC(C)C(=O)NC1CCCC1. The van der Waals surface area contributed by atoms with E-state index in [1.165, 1.54) is 12.8 Å². The fourth-order valence-corrected chi connectivity index (χ4v) is 2.19. The molecule has 1 aliphatic rings. The summed E-state index contributed by atoms with van der Waals surface area (Å²) in [7, 11) is 0. The van der Waals surface area contributed by atoms with E-state index in [9.17, 15) is 4.79 Å². The van der Waals surface area contributed by atoms with Gasteiger partial charge < -0.3 is 15.4 Å². The Kier molecular flexibility index (Phi) is 8.01. The molecule has 4 nitrogen and oxygen atoms in total. The second kappa shape index (κ2) is 9.34. The smallest absolute Gasteiger partial charge is 0.237 e. The lowest BCUT2D eigenvalue weighted by Gasteiger charge is -2.17. The van der Waals surface area contributed by atoms with Gasteiger partial charge in [0, 0.05) is 19.2 Å². The summed E-state index contributed by atoms with van der Waals surface area (Å²) < 4.78 is 5.44. The molecule has 1 fully saturated rings. The van der Waals surface area contributed by atoms with Crippen LogP contribution in [0.5, 0.6) is 0 Å². The van der Waals surface area contributed by atoms with Crippen LogP contribution in [0.15, 0.2) is 0 Å². The molecule has 4 heteroatoms. The van der Waals surface area contributed by atoms with Crippen LogP contribution in [0.4, 0.5) is 0 Å². The van der Waals surface area contributed by atoms with Crippen molar-refractivity contribution in [1.82, 2.24) is 10.6 Å². The fourth-order valence-electron chi connectivity index (χ4n) is 2.19. The average Bonchev–Trinajstić information content (AvgIpc) is 2.86. The number of carbonyl (C=O) groups excluding carboxylic acids is 1. The molecule has 0 radical (unpaired) electrons. The van der Waals surface area contributed by atoms with Gasteiger partial charge in [0.1, 0.15) is 0 Å². The first-order valence-electron chi connectivity index (χ1n) is 7.35. The highest BCUT2D eigenvalue weighted by atomic mass is 16.5. The lowest BCUT2D eigenvalue weighted by molar-refractivity contribution is -0.123. The Hall–Kier alpha value is -0.610. The van der Waals surface area contributed by atoms with Gasteiger partial charge in [-0.05, 0) is 26.2 Å². The molecule has 0 spiro atoms. The summed E-state index contributed by atoms with van der Waals surface area (Å²) in [5, 5.41) is 6.29. The normalized spacial score (nSPS) is 17.9. The standard InChI is InChI=1S/C14H28N2O2/c1-3-4-10-18-11-9-15-12(2)14(17)16-13-7-5-6-8-13/h12-13,15H,3-11H2,1-2H3,(H,16,17). The van der Waals surface area contributed by atoms with Crippen LogP contribution in [-0.4, -0.2) is 37.7 Å². The Labute approximate surface area is 111 Å². The number of carbonyl (C=O) groups is 1. The van der Waals surface area contributed by atoms with Crippen LogP contribution in [0.1, 0.15) is 52.4 Å². The van der Waals surface area contributed by atoms with Crippen LogP contribution in [-0.2, 0) is 9.53 Å². The molecule has 0 aromatic rings. The topological polar surface area (TPSA) is 50.4 Å². The number of ether oxygens (including phenoxy) is 1. The van der Waals surface area contributed by atoms with Crippen LogP contribution in [0.3, 0.4) is 0 Å². The largest absolute Gasteiger partial charge is 0.380 e. The molecule has 1 unspecified atom stereocenters. The van der Waals surface area contributed by atoms with Gasteiger partial charge in [-0.25, -0.2) is 0 Å². The summed E-state index contributed by atoms with van der Waals surface area (Å²) in [6, 6.07) is 0.280. The zero-order valence-electron chi connectivity index (χ0n) is 11.8. The predicted molar refractivity (Wildman–Crippen MR) is 73.6 cm³/mol. The Balaban J connectivity index is 2.00. The molecular weight excluding hydrogens is 228 g/mol. The molecule has 1 atom stereocenters. The van der Waals surface area contributed by atoms with Crippen molar-refractivity contribution < 1.29 is 9.53 Å². The minimum Gasteiger partial charge on any atom is -0.380 e. The Morgan fingerprint density at radius 3 is 2.72 bits per heavy atom. The minimum atomic E-state index is -0.125. The van der Waals surface area contributed by atoms with Gasteiger partial charge in [0.05, 0.1) is 12.6 Å². The molecule has 0 aliphatic heterocycles. The third kappa shape index (κ3) is 6.36. The van der Waals surface area contributed by atoms with Crippen molar-refractivity contribution in [3.8, 4) is 0 Å². The van der Waals surface area contributed by atoms with Crippen molar-refractivity contribution in [1.29, 1.82) is 0 Å². The zero-order valence-corrected chi connectivity index (χ0v) is 11.8. The van der Waals surface area contributed by atoms with Crippen molar-refractivity contribution >= 4 is 5.91 Å². The quantitative estimate of drug-likeness (QED) is 0.619. The second-order valence-electron chi connectivity index (χ2n) is 5.13. The molecule has 18 heavy (non-hydrogen) atoms. The third-order valence-corrected chi connectivity index (χ3v) is 3.43. The first-order valence-corrected chi connectivity index (χ1v) is 7.35. The van der Waals surface area contributed by atoms with Gasteiger partial charge in [-0.2, -0.15) is 0 Å². The fraction of sp³-hybridized carbons (Fsp3) is 0.929. The maximum Gasteiger partial charge on any atom is 0.237 e. The summed E-state index contributed by atoms with van der Waals surface area (Å²) in [5.74, 6) is 0.121. The molecule has 0 saturated heterocycles. The highest BCUT2D eigenvalue weighted by molar-refractivity contribution is 5.81. The highest BCUT2D eigenvalue weighted by Crippen LogP contribution is 2.17. The number of hydrogen-bond acceptors (Lipinski definition) is 3. The molecule has 1 saturated carbocycles. The van der Waals surface area contributed by atoms with Gasteiger partial charge in [-0.15, -0.1) is 0 Å². The van der Waals surface area contributed by atoms with E-state index in [2.05, 4.69) is 17.6 Å². The third-order valence-electron chi connectivity index (χ3n) is 3.43. The summed E-state index contributed by atoms with van der Waals surface area (Å²) in [6.07, 6.45) is 7.04. The highest BCUT2D eigenvalue weighted by Gasteiger charge is 2.19. The molecule has 2 N–H and O–H groups in total. The monoisotopic (exact) mass is 256 g/mol. The Bertz CT molecular complexity index is 228. The van der Waals surface area contributed by atoms with Gasteiger partial charge in [0.2, 0.25) is 5.91 Å². The van der Waals surface area contributed by atoms with Gasteiger partial charge in [0.25, 0.3) is 0 Å². The first-order chi connectivity index (χ1) is 8.74. The lowest BCUT2D eigenvalue weighted by atomic mass is 10.2. The van der Waals surface area contributed by atoms with E-state index >= 15 is 0 Å². The molecule has 0 heterocycles. The van der Waals surface area contributed by atoms with Crippen LogP contribution in [0.25, 0.3) is 0 Å². The molecule has 1 amide bonds. The van der Waals surface area contributed by atoms with E-state index in [0.717, 1.165) is 38.8 Å². The number of unbranched alkanes of at least 4 members (excludes halogenated alkanes) is 1. The number of rotatable bonds is 9. The van der Waals surface area contributed by atoms with Crippen molar-refractivity contribution in [3.05, 3.63) is 0 Å². The second-order valence-corrected chi connectivity index (χ2v) is 5.13. The van der Waals surface area contributed by atoms with E-state index in [1.54, 1.807) is 0 Å². The Morgan fingerprint density at radius 1 is 1.33 bits per heavy atom. The van der Waals surface area contributed by atoms with Crippen LogP contribution in [0.2, 0.25) is 0 Å². The lowest BCUT2D eigenvalue weighted by Crippen LogP contribution is -2.46. The number of nitrogens with one attached hydrogen (secondary N) is 2. The summed E-state index contributed by atoms with van der Waals surface area (Å²) in [6.45, 7) is 6.30. The molecule has 1 rings (SSSR count). The van der Waals surface area contributed by atoms with E-state index in [1.807, 2.05) is 6.92 Å². The average molecular weight is 256 g/mol. The van der Waals surface area contributed by atoms with Crippen LogP contribution < -0.4 is 10.6 Å². The number of hydrogen-bond donors (Lipinski definition) is 2. The van der Waals surface area contributed by atoms with Gasteiger partial charge in [-0.3, -0.25) is 4.79 Å². The minimum absolute atomic E-state index is 0.121. The molecule has 0 aromatic carbocycles. The van der Waals surface area contributed by atoms with Crippen LogP contribution in [0, 0.1) is 0 Å². The van der Waals surface area contributed by atoms with Gasteiger partial charge >= 0.3 is 0 Å². The molecular formula is C14H28N2O2. The van der Waals surface area contributed by atoms with Crippen molar-refractivity contribution in [3.63, 3.8) is 0 Å². The van der Waals surface area contributed by atoms with Crippen LogP contribution >= 0.6 is 0 Å². The first kappa shape index (κ1) is 15.4. The maximum atomic E-state index is 11.9. The van der Waals surface area contributed by atoms with E-state index < -0.39 is 0 Å². The zero-order chi connectivity index (χ0) is 13.2. The van der Waals surface area contributed by atoms with Crippen molar-refractivity contribution in [2.75, 3.05) is 19.8 Å². The van der Waals surface area contributed by atoms with Gasteiger partial charge in [0.15, 0.2) is 0 Å². The number of amides is 1. The molecule has 0 bridgehead atoms. The molecule has 1 aliphatic carbocycles. The summed E-state index contributed by atoms with van der Waals surface area (Å²) in [5.41, 5.74) is 0. The van der Waals surface area contributed by atoms with Gasteiger partial charge in [-0.1, -0.05) is 26.2 Å². The Morgan fingerprint density at radius 2 is 2.06 bits per heavy atom. The van der Waals surface area contributed by atoms with Crippen molar-refractivity contribution in [2.45, 2.75) is 64.5 Å². The molecule has 106 valence electrons. The maximum absolute atomic E-state index is 11.9. The van der Waals surface area contributed by atoms with Crippen molar-refractivity contribution in [2.24, 2.45) is 0 Å². The predicted octanol–water partition coefficient (Wildman–Crippen LogP) is 1.84. The molecule has 0 aromatic heterocycles.